The first-order chi connectivity index (χ1) is 41.0. The molecule has 0 bridgehead atoms. The number of hydrogen-bond acceptors (Lipinski definition) is 6. The maximum Gasteiger partial charge on any atom is 0.306 e. The fourth-order valence-corrected chi connectivity index (χ4v) is 9.49. The van der Waals surface area contributed by atoms with Crippen molar-refractivity contribution < 1.29 is 28.6 Å². The highest BCUT2D eigenvalue weighted by Crippen LogP contribution is 2.16. The van der Waals surface area contributed by atoms with E-state index in [0.717, 1.165) is 128 Å². The van der Waals surface area contributed by atoms with Crippen LogP contribution in [0.1, 0.15) is 316 Å². The lowest BCUT2D eigenvalue weighted by Gasteiger charge is -2.18. The predicted octanol–water partition coefficient (Wildman–Crippen LogP) is 24.1. The number of hydrogen-bond donors (Lipinski definition) is 0. The topological polar surface area (TPSA) is 78.9 Å². The van der Waals surface area contributed by atoms with Crippen LogP contribution in [-0.4, -0.2) is 37.2 Å². The van der Waals surface area contributed by atoms with Crippen molar-refractivity contribution in [3.8, 4) is 0 Å². The van der Waals surface area contributed by atoms with Crippen molar-refractivity contribution >= 4 is 17.9 Å². The minimum Gasteiger partial charge on any atom is -0.462 e. The molecule has 0 aromatic carbocycles. The molecule has 472 valence electrons. The number of rotatable bonds is 62. The van der Waals surface area contributed by atoms with E-state index in [-0.39, 0.29) is 37.5 Å². The highest BCUT2D eigenvalue weighted by molar-refractivity contribution is 5.71. The molecule has 6 heteroatoms. The summed E-state index contributed by atoms with van der Waals surface area (Å²) >= 11 is 0. The van der Waals surface area contributed by atoms with Crippen molar-refractivity contribution in [1.29, 1.82) is 0 Å². The lowest BCUT2D eigenvalue weighted by Crippen LogP contribution is -2.30. The quantitative estimate of drug-likeness (QED) is 0.0261. The van der Waals surface area contributed by atoms with Crippen LogP contribution >= 0.6 is 0 Å². The highest BCUT2D eigenvalue weighted by Gasteiger charge is 2.19. The Labute approximate surface area is 513 Å². The number of esters is 3. The number of allylic oxidation sites excluding steroid dienone is 22. The fraction of sp³-hybridized carbons (Fsp3) is 0.675. The Hall–Kier alpha value is -4.45. The minimum atomic E-state index is -0.804. The zero-order valence-corrected chi connectivity index (χ0v) is 54.2. The first kappa shape index (κ1) is 78.5. The van der Waals surface area contributed by atoms with Crippen LogP contribution in [-0.2, 0) is 28.6 Å². The van der Waals surface area contributed by atoms with Crippen LogP contribution < -0.4 is 0 Å². The van der Waals surface area contributed by atoms with E-state index in [4.69, 9.17) is 14.2 Å². The molecule has 6 nitrogen and oxygen atoms in total. The van der Waals surface area contributed by atoms with Gasteiger partial charge in [0.1, 0.15) is 13.2 Å². The summed E-state index contributed by atoms with van der Waals surface area (Å²) in [6.07, 6.45) is 98.9. The second-order valence-electron chi connectivity index (χ2n) is 22.7. The average molecular weight is 1150 g/mol. The van der Waals surface area contributed by atoms with Crippen LogP contribution in [0, 0.1) is 0 Å². The van der Waals surface area contributed by atoms with E-state index in [1.54, 1.807) is 0 Å². The van der Waals surface area contributed by atoms with E-state index in [1.807, 2.05) is 0 Å². The molecule has 0 fully saturated rings. The molecule has 0 heterocycles. The van der Waals surface area contributed by atoms with Crippen molar-refractivity contribution in [2.24, 2.45) is 0 Å². The maximum absolute atomic E-state index is 12.9. The molecule has 1 unspecified atom stereocenters. The van der Waals surface area contributed by atoms with Crippen LogP contribution in [0.3, 0.4) is 0 Å². The third-order valence-corrected chi connectivity index (χ3v) is 14.6. The monoisotopic (exact) mass is 1150 g/mol. The van der Waals surface area contributed by atoms with Crippen molar-refractivity contribution in [2.45, 2.75) is 322 Å². The Morgan fingerprint density at radius 1 is 0.253 bits per heavy atom. The van der Waals surface area contributed by atoms with Gasteiger partial charge in [-0.3, -0.25) is 14.4 Å². The summed E-state index contributed by atoms with van der Waals surface area (Å²) in [4.78, 5) is 38.5. The second-order valence-corrected chi connectivity index (χ2v) is 22.7. The first-order valence-corrected chi connectivity index (χ1v) is 34.7. The van der Waals surface area contributed by atoms with Crippen LogP contribution in [0.5, 0.6) is 0 Å². The van der Waals surface area contributed by atoms with Crippen molar-refractivity contribution in [1.82, 2.24) is 0 Å². The van der Waals surface area contributed by atoms with Gasteiger partial charge in [0.2, 0.25) is 0 Å². The maximum atomic E-state index is 12.9. The molecule has 0 N–H and O–H groups in total. The first-order valence-electron chi connectivity index (χ1n) is 34.7. The summed E-state index contributed by atoms with van der Waals surface area (Å²) in [5, 5.41) is 0. The number of carbonyl (C=O) groups is 3. The molecule has 0 saturated heterocycles. The minimum absolute atomic E-state index is 0.0953. The molecule has 1 atom stereocenters. The van der Waals surface area contributed by atoms with Gasteiger partial charge in [-0.1, -0.05) is 296 Å². The highest BCUT2D eigenvalue weighted by atomic mass is 16.6. The van der Waals surface area contributed by atoms with Crippen LogP contribution in [0.4, 0.5) is 0 Å². The second kappa shape index (κ2) is 70.0. The van der Waals surface area contributed by atoms with E-state index in [0.29, 0.717) is 12.8 Å². The normalized spacial score (nSPS) is 13.0. The lowest BCUT2D eigenvalue weighted by atomic mass is 10.0. The van der Waals surface area contributed by atoms with E-state index in [1.165, 1.54) is 148 Å². The molecule has 0 aliphatic carbocycles. The Balaban J connectivity index is 4.41. The van der Waals surface area contributed by atoms with Gasteiger partial charge in [0.25, 0.3) is 0 Å². The van der Waals surface area contributed by atoms with Gasteiger partial charge in [-0.05, 0) is 135 Å². The zero-order chi connectivity index (χ0) is 59.9. The molecule has 0 spiro atoms. The van der Waals surface area contributed by atoms with Crippen molar-refractivity contribution in [3.05, 3.63) is 134 Å². The molecule has 0 amide bonds. The summed E-state index contributed by atoms with van der Waals surface area (Å²) in [6.45, 7) is 6.40. The van der Waals surface area contributed by atoms with Crippen molar-refractivity contribution in [3.63, 3.8) is 0 Å². The third-order valence-electron chi connectivity index (χ3n) is 14.6. The Kier molecular flexibility index (Phi) is 66.3. The van der Waals surface area contributed by atoms with Gasteiger partial charge >= 0.3 is 17.9 Å². The van der Waals surface area contributed by atoms with Gasteiger partial charge in [0.05, 0.1) is 0 Å². The van der Waals surface area contributed by atoms with Crippen LogP contribution in [0.25, 0.3) is 0 Å². The Morgan fingerprint density at radius 2 is 0.470 bits per heavy atom. The molecule has 0 aromatic rings. The summed E-state index contributed by atoms with van der Waals surface area (Å²) < 4.78 is 17.0. The average Bonchev–Trinajstić information content (AvgIpc) is 3.50. The van der Waals surface area contributed by atoms with Gasteiger partial charge in [0.15, 0.2) is 6.10 Å². The molecule has 0 rings (SSSR count). The number of carbonyl (C=O) groups excluding carboxylic acids is 3. The van der Waals surface area contributed by atoms with Gasteiger partial charge in [-0.2, -0.15) is 0 Å². The van der Waals surface area contributed by atoms with Crippen molar-refractivity contribution in [2.75, 3.05) is 13.2 Å². The predicted molar refractivity (Wildman–Crippen MR) is 362 cm³/mol. The molecule has 83 heavy (non-hydrogen) atoms. The molecule has 0 aliphatic heterocycles. The zero-order valence-electron chi connectivity index (χ0n) is 54.2. The van der Waals surface area contributed by atoms with E-state index < -0.39 is 6.10 Å². The third kappa shape index (κ3) is 68.2. The fourth-order valence-electron chi connectivity index (χ4n) is 9.49. The smallest absolute Gasteiger partial charge is 0.306 e. The summed E-state index contributed by atoms with van der Waals surface area (Å²) in [7, 11) is 0. The Morgan fingerprint density at radius 3 is 0.759 bits per heavy atom. The molecule has 0 saturated carbocycles. The van der Waals surface area contributed by atoms with E-state index in [9.17, 15) is 14.4 Å². The summed E-state index contributed by atoms with van der Waals surface area (Å²) in [5.41, 5.74) is 0. The van der Waals surface area contributed by atoms with Crippen LogP contribution in [0.15, 0.2) is 134 Å². The molecule has 0 aliphatic rings. The Bertz CT molecular complexity index is 1750. The SMILES string of the molecule is CC/C=C\C/C=C\C/C=C\C/C=C\C/C=C\CCCCCCCCCCCCCC(=O)OCC(COC(=O)CCCCCCCCCCC/C=C\CCCCCCCC)OC(=O)CCCCC/C=C\C/C=C\C/C=C\C/C=C\C/C=C\CC. The summed E-state index contributed by atoms with van der Waals surface area (Å²) in [6, 6.07) is 0. The van der Waals surface area contributed by atoms with Crippen LogP contribution in [0.2, 0.25) is 0 Å². The van der Waals surface area contributed by atoms with E-state index in [2.05, 4.69) is 154 Å². The van der Waals surface area contributed by atoms with Gasteiger partial charge in [-0.25, -0.2) is 0 Å². The largest absolute Gasteiger partial charge is 0.462 e. The standard InChI is InChI=1S/C77H128O6/c1-4-7-10-13-16-19-22-25-28-31-34-35-36-37-38-39-40-41-44-46-49-52-55-58-61-64-67-70-76(79)82-73-74(83-77(80)71-68-65-62-59-56-53-50-47-43-33-30-27-24-21-18-15-12-9-6-3)72-81-75(78)69-66-63-60-57-54-51-48-45-42-32-29-26-23-20-17-14-11-8-5-2/h7,9-10,12,16,18-19,21,25-30,34-35,37-38,43,47,53,56,74H,4-6,8,11,13-15,17,20,22-24,31-33,36,39-42,44-46,48-52,54-55,57-73H2,1-3H3/b10-7-,12-9-,19-16-,21-18-,28-25-,29-26-,30-27-,35-34-,38-37-,47-43-,56-53-. The number of unbranched alkanes of at least 4 members (excludes halogenated alkanes) is 29. The van der Waals surface area contributed by atoms with E-state index >= 15 is 0 Å². The number of ether oxygens (including phenoxy) is 3. The lowest BCUT2D eigenvalue weighted by molar-refractivity contribution is -0.167. The molecular weight excluding hydrogens is 1020 g/mol. The van der Waals surface area contributed by atoms with Gasteiger partial charge in [-0.15, -0.1) is 0 Å². The van der Waals surface area contributed by atoms with Gasteiger partial charge in [0, 0.05) is 19.3 Å². The molecule has 0 aromatic heterocycles. The molecular formula is C77H128O6. The van der Waals surface area contributed by atoms with Gasteiger partial charge < -0.3 is 14.2 Å². The summed E-state index contributed by atoms with van der Waals surface area (Å²) in [5.74, 6) is -0.925. The molecule has 0 radical (unpaired) electrons.